The SMILES string of the molecule is CCNC(=NCc1ccccc1S(=O)(=O)N(C)C)NCCc1cccc(C(=O)NC)c1.I. The maximum atomic E-state index is 12.6. The molecule has 2 aromatic carbocycles. The van der Waals surface area contributed by atoms with Gasteiger partial charge in [-0.1, -0.05) is 30.3 Å². The summed E-state index contributed by atoms with van der Waals surface area (Å²) in [5.41, 5.74) is 2.29. The van der Waals surface area contributed by atoms with Gasteiger partial charge in [0.15, 0.2) is 5.96 Å². The highest BCUT2D eigenvalue weighted by atomic mass is 127. The molecule has 0 radical (unpaired) electrons. The van der Waals surface area contributed by atoms with E-state index in [1.165, 1.54) is 18.4 Å². The van der Waals surface area contributed by atoms with E-state index in [4.69, 9.17) is 0 Å². The lowest BCUT2D eigenvalue weighted by Gasteiger charge is -2.15. The third-order valence-electron chi connectivity index (χ3n) is 4.61. The highest BCUT2D eigenvalue weighted by molar-refractivity contribution is 14.0. The smallest absolute Gasteiger partial charge is 0.251 e. The van der Waals surface area contributed by atoms with E-state index in [2.05, 4.69) is 20.9 Å². The Morgan fingerprint density at radius 2 is 1.78 bits per heavy atom. The molecule has 8 nitrogen and oxygen atoms in total. The number of aliphatic imine (C=N–C) groups is 1. The molecule has 10 heteroatoms. The third kappa shape index (κ3) is 7.75. The fraction of sp³-hybridized carbons (Fsp3) is 0.364. The number of nitrogens with zero attached hydrogens (tertiary/aromatic N) is 2. The Morgan fingerprint density at radius 1 is 1.06 bits per heavy atom. The molecular weight excluding hydrogens is 541 g/mol. The van der Waals surface area contributed by atoms with Crippen LogP contribution in [0.4, 0.5) is 0 Å². The van der Waals surface area contributed by atoms with Crippen molar-refractivity contribution in [2.75, 3.05) is 34.2 Å². The van der Waals surface area contributed by atoms with Crippen LogP contribution in [0, 0.1) is 0 Å². The van der Waals surface area contributed by atoms with Crippen molar-refractivity contribution in [3.63, 3.8) is 0 Å². The van der Waals surface area contributed by atoms with E-state index in [0.29, 0.717) is 36.6 Å². The predicted octanol–water partition coefficient (Wildman–Crippen LogP) is 2.21. The zero-order chi connectivity index (χ0) is 22.9. The Morgan fingerprint density at radius 3 is 2.44 bits per heavy atom. The number of hydrogen-bond donors (Lipinski definition) is 3. The van der Waals surface area contributed by atoms with Crippen LogP contribution in [0.25, 0.3) is 0 Å². The fourth-order valence-electron chi connectivity index (χ4n) is 2.93. The zero-order valence-electron chi connectivity index (χ0n) is 18.9. The summed E-state index contributed by atoms with van der Waals surface area (Å²) >= 11 is 0. The third-order valence-corrected chi connectivity index (χ3v) is 6.52. The van der Waals surface area contributed by atoms with Gasteiger partial charge in [-0.15, -0.1) is 24.0 Å². The molecule has 0 aliphatic rings. The molecule has 0 bridgehead atoms. The molecule has 0 aromatic heterocycles. The first-order valence-electron chi connectivity index (χ1n) is 10.1. The molecule has 3 N–H and O–H groups in total. The highest BCUT2D eigenvalue weighted by Crippen LogP contribution is 2.19. The predicted molar refractivity (Wildman–Crippen MR) is 139 cm³/mol. The first-order valence-corrected chi connectivity index (χ1v) is 11.6. The number of benzene rings is 2. The maximum Gasteiger partial charge on any atom is 0.251 e. The molecule has 0 saturated carbocycles. The van der Waals surface area contributed by atoms with Crippen molar-refractivity contribution in [2.24, 2.45) is 4.99 Å². The van der Waals surface area contributed by atoms with Crippen LogP contribution in [-0.4, -0.2) is 58.8 Å². The normalized spacial score (nSPS) is 11.6. The standard InChI is InChI=1S/C22H31N5O3S.HI/c1-5-24-22(25-14-13-17-9-8-11-18(15-17)21(28)23-2)26-16-19-10-6-7-12-20(19)31(29,30)27(3)4;/h6-12,15H,5,13-14,16H2,1-4H3,(H,23,28)(H2,24,25,26);1H. The monoisotopic (exact) mass is 573 g/mol. The minimum atomic E-state index is -3.54. The van der Waals surface area contributed by atoms with Crippen LogP contribution < -0.4 is 16.0 Å². The van der Waals surface area contributed by atoms with Gasteiger partial charge in [0.25, 0.3) is 5.91 Å². The van der Waals surface area contributed by atoms with Gasteiger partial charge in [0.1, 0.15) is 0 Å². The Balaban J connectivity index is 0.00000512. The second-order valence-electron chi connectivity index (χ2n) is 7.05. The summed E-state index contributed by atoms with van der Waals surface area (Å²) < 4.78 is 26.3. The van der Waals surface area contributed by atoms with E-state index < -0.39 is 10.0 Å². The van der Waals surface area contributed by atoms with Crippen molar-refractivity contribution >= 4 is 45.9 Å². The number of hydrogen-bond acceptors (Lipinski definition) is 4. The first kappa shape index (κ1) is 27.9. The number of sulfonamides is 1. The molecule has 0 unspecified atom stereocenters. The van der Waals surface area contributed by atoms with Crippen LogP contribution in [0.2, 0.25) is 0 Å². The lowest BCUT2D eigenvalue weighted by atomic mass is 10.1. The molecule has 176 valence electrons. The average molecular weight is 574 g/mol. The molecule has 0 spiro atoms. The first-order chi connectivity index (χ1) is 14.8. The molecule has 2 aromatic rings. The number of amides is 1. The average Bonchev–Trinajstić information content (AvgIpc) is 2.77. The molecular formula is C22H32IN5O3S. The fourth-order valence-corrected chi connectivity index (χ4v) is 4.03. The lowest BCUT2D eigenvalue weighted by Crippen LogP contribution is -2.38. The number of halogens is 1. The Bertz CT molecular complexity index is 1030. The van der Waals surface area contributed by atoms with Crippen LogP contribution in [-0.2, 0) is 23.0 Å². The van der Waals surface area contributed by atoms with E-state index in [-0.39, 0.29) is 41.3 Å². The lowest BCUT2D eigenvalue weighted by molar-refractivity contribution is 0.0963. The number of carbonyl (C=O) groups excluding carboxylic acids is 1. The second-order valence-corrected chi connectivity index (χ2v) is 9.17. The van der Waals surface area contributed by atoms with Gasteiger partial charge in [0.05, 0.1) is 11.4 Å². The number of rotatable bonds is 9. The summed E-state index contributed by atoms with van der Waals surface area (Å²) in [7, 11) is 1.09. The largest absolute Gasteiger partial charge is 0.357 e. The van der Waals surface area contributed by atoms with Crippen LogP contribution >= 0.6 is 24.0 Å². The van der Waals surface area contributed by atoms with Crippen LogP contribution in [0.5, 0.6) is 0 Å². The molecule has 0 aliphatic carbocycles. The Kier molecular flexibility index (Phi) is 11.7. The topological polar surface area (TPSA) is 103 Å². The van der Waals surface area contributed by atoms with Crippen LogP contribution in [0.3, 0.4) is 0 Å². The molecule has 2 rings (SSSR count). The van der Waals surface area contributed by atoms with E-state index in [9.17, 15) is 13.2 Å². The molecule has 0 aliphatic heterocycles. The summed E-state index contributed by atoms with van der Waals surface area (Å²) in [5, 5.41) is 9.06. The Labute approximate surface area is 208 Å². The minimum absolute atomic E-state index is 0. The number of carbonyl (C=O) groups is 1. The molecule has 0 saturated heterocycles. The molecule has 32 heavy (non-hydrogen) atoms. The molecule has 1 amide bonds. The summed E-state index contributed by atoms with van der Waals surface area (Å²) in [6.45, 7) is 3.48. The van der Waals surface area contributed by atoms with Crippen molar-refractivity contribution in [1.29, 1.82) is 0 Å². The maximum absolute atomic E-state index is 12.6. The van der Waals surface area contributed by atoms with Crippen molar-refractivity contribution in [1.82, 2.24) is 20.3 Å². The van der Waals surface area contributed by atoms with Gasteiger partial charge in [0.2, 0.25) is 10.0 Å². The summed E-state index contributed by atoms with van der Waals surface area (Å²) in [5.74, 6) is 0.484. The van der Waals surface area contributed by atoms with Crippen molar-refractivity contribution in [2.45, 2.75) is 24.8 Å². The number of guanidine groups is 1. The molecule has 0 fully saturated rings. The summed E-state index contributed by atoms with van der Waals surface area (Å²) in [4.78, 5) is 16.6. The van der Waals surface area contributed by atoms with Gasteiger partial charge in [-0.2, -0.15) is 0 Å². The van der Waals surface area contributed by atoms with Gasteiger partial charge in [-0.25, -0.2) is 17.7 Å². The molecule has 0 atom stereocenters. The summed E-state index contributed by atoms with van der Waals surface area (Å²) in [6, 6.07) is 14.4. The van der Waals surface area contributed by atoms with Crippen LogP contribution in [0.1, 0.15) is 28.4 Å². The quantitative estimate of drug-likeness (QED) is 0.243. The Hall–Kier alpha value is -2.18. The summed E-state index contributed by atoms with van der Waals surface area (Å²) in [6.07, 6.45) is 0.709. The second kappa shape index (κ2) is 13.4. The molecule has 0 heterocycles. The highest BCUT2D eigenvalue weighted by Gasteiger charge is 2.20. The van der Waals surface area contributed by atoms with Gasteiger partial charge in [-0.05, 0) is 42.7 Å². The van der Waals surface area contributed by atoms with Gasteiger partial charge in [-0.3, -0.25) is 4.79 Å². The van der Waals surface area contributed by atoms with Gasteiger partial charge >= 0.3 is 0 Å². The van der Waals surface area contributed by atoms with Crippen molar-refractivity contribution in [3.05, 3.63) is 65.2 Å². The van der Waals surface area contributed by atoms with E-state index in [1.807, 2.05) is 25.1 Å². The van der Waals surface area contributed by atoms with Gasteiger partial charge in [0, 0.05) is 39.8 Å². The van der Waals surface area contributed by atoms with E-state index in [1.54, 1.807) is 37.4 Å². The van der Waals surface area contributed by atoms with E-state index >= 15 is 0 Å². The van der Waals surface area contributed by atoms with E-state index in [0.717, 1.165) is 5.56 Å². The van der Waals surface area contributed by atoms with Crippen molar-refractivity contribution < 1.29 is 13.2 Å². The van der Waals surface area contributed by atoms with Crippen LogP contribution in [0.15, 0.2) is 58.4 Å². The van der Waals surface area contributed by atoms with Gasteiger partial charge < -0.3 is 16.0 Å². The number of nitrogens with one attached hydrogen (secondary N) is 3. The zero-order valence-corrected chi connectivity index (χ0v) is 22.0. The van der Waals surface area contributed by atoms with Crippen molar-refractivity contribution in [3.8, 4) is 0 Å². The minimum Gasteiger partial charge on any atom is -0.357 e.